The van der Waals surface area contributed by atoms with Crippen LogP contribution >= 0.6 is 23.2 Å². The molecular weight excluding hydrogens is 427 g/mol. The van der Waals surface area contributed by atoms with Gasteiger partial charge in [0.2, 0.25) is 0 Å². The second-order valence-electron chi connectivity index (χ2n) is 8.22. The molecule has 156 valence electrons. The van der Waals surface area contributed by atoms with Gasteiger partial charge in [0.15, 0.2) is 5.78 Å². The number of Topliss-reactive ketones (excluding diaryl/α,β-unsaturated/α-hetero) is 1. The van der Waals surface area contributed by atoms with Crippen LogP contribution in [0.15, 0.2) is 78.0 Å². The van der Waals surface area contributed by atoms with Crippen molar-refractivity contribution in [3.05, 3.63) is 105 Å². The topological polar surface area (TPSA) is 41.1 Å². The highest BCUT2D eigenvalue weighted by atomic mass is 35.5. The number of fused-ring (bicyclic) bond motifs is 1. The van der Waals surface area contributed by atoms with E-state index in [2.05, 4.69) is 41.8 Å². The Labute approximate surface area is 192 Å². The monoisotopic (exact) mass is 448 g/mol. The Hall–Kier alpha value is -2.75. The summed E-state index contributed by atoms with van der Waals surface area (Å²) < 4.78 is 0. The molecule has 31 heavy (non-hydrogen) atoms. The van der Waals surface area contributed by atoms with E-state index in [9.17, 15) is 4.79 Å². The number of carbonyl (C=O) groups excluding carboxylic acids is 1. The number of rotatable bonds is 2. The third kappa shape index (κ3) is 3.73. The van der Waals surface area contributed by atoms with Crippen LogP contribution < -0.4 is 10.6 Å². The maximum atomic E-state index is 13.5. The molecule has 0 saturated carbocycles. The first kappa shape index (κ1) is 20.2. The molecule has 3 nitrogen and oxygen atoms in total. The molecule has 0 fully saturated rings. The smallest absolute Gasteiger partial charge is 0.163 e. The zero-order chi connectivity index (χ0) is 21.5. The van der Waals surface area contributed by atoms with Crippen molar-refractivity contribution in [1.82, 2.24) is 0 Å². The first-order valence-corrected chi connectivity index (χ1v) is 11.2. The van der Waals surface area contributed by atoms with Crippen LogP contribution in [0.25, 0.3) is 0 Å². The van der Waals surface area contributed by atoms with Crippen LogP contribution in [0.5, 0.6) is 0 Å². The number of hydrogen-bond donors (Lipinski definition) is 2. The van der Waals surface area contributed by atoms with E-state index in [-0.39, 0.29) is 17.7 Å². The first-order valence-electron chi connectivity index (χ1n) is 10.4. The summed E-state index contributed by atoms with van der Waals surface area (Å²) in [6.45, 7) is 2.07. The van der Waals surface area contributed by atoms with Crippen LogP contribution in [0.1, 0.15) is 41.5 Å². The minimum atomic E-state index is -0.371. The van der Waals surface area contributed by atoms with Crippen LogP contribution in [0, 0.1) is 6.92 Å². The molecule has 0 aromatic heterocycles. The van der Waals surface area contributed by atoms with Gasteiger partial charge >= 0.3 is 0 Å². The van der Waals surface area contributed by atoms with E-state index >= 15 is 0 Å². The third-order valence-corrected chi connectivity index (χ3v) is 6.98. The highest BCUT2D eigenvalue weighted by Gasteiger charge is 2.36. The molecule has 3 aromatic carbocycles. The second kappa shape index (κ2) is 8.07. The zero-order valence-corrected chi connectivity index (χ0v) is 18.6. The van der Waals surface area contributed by atoms with E-state index < -0.39 is 0 Å². The van der Waals surface area contributed by atoms with Gasteiger partial charge in [-0.3, -0.25) is 4.79 Å². The molecule has 0 bridgehead atoms. The van der Waals surface area contributed by atoms with Crippen molar-refractivity contribution in [2.45, 2.75) is 31.7 Å². The van der Waals surface area contributed by atoms with Gasteiger partial charge in [0.05, 0.1) is 27.5 Å². The van der Waals surface area contributed by atoms with Gasteiger partial charge in [0.25, 0.3) is 0 Å². The molecule has 1 aliphatic heterocycles. The molecule has 5 rings (SSSR count). The lowest BCUT2D eigenvalue weighted by Crippen LogP contribution is -2.27. The molecule has 2 unspecified atom stereocenters. The van der Waals surface area contributed by atoms with Gasteiger partial charge in [-0.1, -0.05) is 77.3 Å². The van der Waals surface area contributed by atoms with Crippen LogP contribution in [0.4, 0.5) is 11.4 Å². The van der Waals surface area contributed by atoms with E-state index in [4.69, 9.17) is 23.2 Å². The van der Waals surface area contributed by atoms with Crippen molar-refractivity contribution in [1.29, 1.82) is 0 Å². The van der Waals surface area contributed by atoms with E-state index in [0.29, 0.717) is 16.5 Å². The summed E-state index contributed by atoms with van der Waals surface area (Å²) in [5.41, 5.74) is 6.78. The van der Waals surface area contributed by atoms with Crippen molar-refractivity contribution in [2.24, 2.45) is 0 Å². The number of nitrogens with one attached hydrogen (secondary N) is 2. The third-order valence-electron chi connectivity index (χ3n) is 6.15. The van der Waals surface area contributed by atoms with Crippen molar-refractivity contribution < 1.29 is 4.79 Å². The summed E-state index contributed by atoms with van der Waals surface area (Å²) in [5.74, 6) is 0.265. The summed E-state index contributed by atoms with van der Waals surface area (Å²) in [4.78, 5) is 13.5. The number of ketones is 1. The maximum absolute atomic E-state index is 13.5. The van der Waals surface area contributed by atoms with Crippen LogP contribution in [-0.2, 0) is 4.79 Å². The van der Waals surface area contributed by atoms with Gasteiger partial charge in [0, 0.05) is 17.7 Å². The van der Waals surface area contributed by atoms with Gasteiger partial charge in [-0.15, -0.1) is 0 Å². The Balaban J connectivity index is 1.63. The van der Waals surface area contributed by atoms with E-state index in [0.717, 1.165) is 34.6 Å². The SMILES string of the molecule is Cc1ccc(C2CC(=O)C3=C(C2)Nc2ccccc2NC3c2cccc(Cl)c2Cl)cc1. The molecule has 3 aromatic rings. The van der Waals surface area contributed by atoms with Gasteiger partial charge in [-0.25, -0.2) is 0 Å². The molecule has 0 amide bonds. The van der Waals surface area contributed by atoms with E-state index in [1.807, 2.05) is 36.4 Å². The standard InChI is InChI=1S/C26H22Cl2N2O/c1-15-9-11-16(12-10-15)17-13-22-24(23(31)14-17)26(18-5-4-6-19(27)25(18)28)30-21-8-3-2-7-20(21)29-22/h2-12,17,26,29-30H,13-14H2,1H3. The van der Waals surface area contributed by atoms with Crippen molar-refractivity contribution in [2.75, 3.05) is 10.6 Å². The molecule has 0 saturated heterocycles. The Bertz CT molecular complexity index is 1200. The quantitative estimate of drug-likeness (QED) is 0.432. The van der Waals surface area contributed by atoms with E-state index in [1.54, 1.807) is 6.07 Å². The number of anilines is 2. The van der Waals surface area contributed by atoms with Crippen molar-refractivity contribution in [3.63, 3.8) is 0 Å². The minimum absolute atomic E-state index is 0.126. The largest absolute Gasteiger partial charge is 0.372 e. The summed E-state index contributed by atoms with van der Waals surface area (Å²) in [6, 6.07) is 21.7. The Morgan fingerprint density at radius 1 is 0.871 bits per heavy atom. The van der Waals surface area contributed by atoms with Gasteiger partial charge < -0.3 is 10.6 Å². The fourth-order valence-electron chi connectivity index (χ4n) is 4.54. The molecule has 1 aliphatic carbocycles. The van der Waals surface area contributed by atoms with Crippen molar-refractivity contribution in [3.8, 4) is 0 Å². The number of carbonyl (C=O) groups is 1. The second-order valence-corrected chi connectivity index (χ2v) is 9.01. The fourth-order valence-corrected chi connectivity index (χ4v) is 4.96. The fraction of sp³-hybridized carbons (Fsp3) is 0.192. The predicted molar refractivity (Wildman–Crippen MR) is 128 cm³/mol. The van der Waals surface area contributed by atoms with E-state index in [1.165, 1.54) is 11.1 Å². The normalized spacial score (nSPS) is 20.3. The van der Waals surface area contributed by atoms with Gasteiger partial charge in [-0.05, 0) is 48.6 Å². The Morgan fingerprint density at radius 3 is 2.39 bits per heavy atom. The number of halogens is 2. The molecule has 2 aliphatic rings. The van der Waals surface area contributed by atoms with Gasteiger partial charge in [-0.2, -0.15) is 0 Å². The summed E-state index contributed by atoms with van der Waals surface area (Å²) in [5, 5.41) is 8.06. The number of hydrogen-bond acceptors (Lipinski definition) is 3. The average Bonchev–Trinajstić information content (AvgIpc) is 2.93. The lowest BCUT2D eigenvalue weighted by atomic mass is 9.78. The lowest BCUT2D eigenvalue weighted by molar-refractivity contribution is -0.116. The molecular formula is C26H22Cl2N2O. The summed E-state index contributed by atoms with van der Waals surface area (Å²) in [7, 11) is 0. The Kier molecular flexibility index (Phi) is 5.25. The van der Waals surface area contributed by atoms with Crippen LogP contribution in [-0.4, -0.2) is 5.78 Å². The lowest BCUT2D eigenvalue weighted by Gasteiger charge is -2.30. The number of para-hydroxylation sites is 2. The van der Waals surface area contributed by atoms with Crippen LogP contribution in [0.3, 0.4) is 0 Å². The van der Waals surface area contributed by atoms with Gasteiger partial charge in [0.1, 0.15) is 0 Å². The summed E-state index contributed by atoms with van der Waals surface area (Å²) in [6.07, 6.45) is 1.23. The molecule has 5 heteroatoms. The minimum Gasteiger partial charge on any atom is -0.372 e. The molecule has 0 radical (unpaired) electrons. The molecule has 2 N–H and O–H groups in total. The molecule has 0 spiro atoms. The molecule has 1 heterocycles. The first-order chi connectivity index (χ1) is 15.0. The number of benzene rings is 3. The highest BCUT2D eigenvalue weighted by molar-refractivity contribution is 6.42. The maximum Gasteiger partial charge on any atom is 0.163 e. The predicted octanol–water partition coefficient (Wildman–Crippen LogP) is 7.28. The zero-order valence-electron chi connectivity index (χ0n) is 17.1. The molecule has 2 atom stereocenters. The summed E-state index contributed by atoms with van der Waals surface area (Å²) >= 11 is 12.9. The van der Waals surface area contributed by atoms with Crippen LogP contribution in [0.2, 0.25) is 10.0 Å². The number of allylic oxidation sites excluding steroid dienone is 1. The number of aryl methyl sites for hydroxylation is 1. The van der Waals surface area contributed by atoms with Crippen molar-refractivity contribution >= 4 is 40.4 Å². The average molecular weight is 449 g/mol. The highest BCUT2D eigenvalue weighted by Crippen LogP contribution is 2.46. The Morgan fingerprint density at radius 2 is 1.61 bits per heavy atom.